The molecule has 0 spiro atoms. The lowest BCUT2D eigenvalue weighted by molar-refractivity contribution is -0.129. The molecule has 0 radical (unpaired) electrons. The van der Waals surface area contributed by atoms with Crippen molar-refractivity contribution in [3.8, 4) is 0 Å². The highest BCUT2D eigenvalue weighted by atomic mass is 32.2. The smallest absolute Gasteiger partial charge is 0.230 e. The topological polar surface area (TPSA) is 244 Å². The zero-order valence-electron chi connectivity index (χ0n) is 49.7. The minimum Gasteiger partial charge on any atom is -0.379 e. The number of fused-ring (bicyclic) bond motifs is 2. The van der Waals surface area contributed by atoms with E-state index in [4.69, 9.17) is 77.3 Å². The minimum atomic E-state index is -0.783. The van der Waals surface area contributed by atoms with Gasteiger partial charge in [0, 0.05) is 80.4 Å². The van der Waals surface area contributed by atoms with Crippen LogP contribution in [0.3, 0.4) is 0 Å². The highest BCUT2D eigenvalue weighted by Crippen LogP contribution is 2.34. The van der Waals surface area contributed by atoms with Gasteiger partial charge in [0.25, 0.3) is 0 Å². The first-order chi connectivity index (χ1) is 43.0. The Morgan fingerprint density at radius 3 is 1.12 bits per heavy atom. The van der Waals surface area contributed by atoms with Crippen LogP contribution in [0.1, 0.15) is 75.0 Å². The Bertz CT molecular complexity index is 2700. The first-order valence-electron chi connectivity index (χ1n) is 29.4. The molecule has 4 saturated heterocycles. The van der Waals surface area contributed by atoms with Crippen molar-refractivity contribution < 1.29 is 66.8 Å². The van der Waals surface area contributed by atoms with E-state index in [1.54, 1.807) is 24.5 Å². The quantitative estimate of drug-likeness (QED) is 0.0586. The molecule has 0 saturated carbocycles. The number of para-hydroxylation sites is 1. The van der Waals surface area contributed by atoms with Crippen molar-refractivity contribution in [1.82, 2.24) is 35.6 Å². The summed E-state index contributed by atoms with van der Waals surface area (Å²) >= 11 is 27.0. The number of thioether (sulfide) groups is 4. The number of hydrogen-bond acceptors (Lipinski definition) is 22. The third-order valence-electron chi connectivity index (χ3n) is 14.3. The first kappa shape index (κ1) is 71.9. The average Bonchev–Trinajstić information content (AvgIpc) is 2.61. The molecule has 89 heavy (non-hydrogen) atoms. The molecule has 5 aliphatic heterocycles. The minimum absolute atomic E-state index is 0.00909. The van der Waals surface area contributed by atoms with Gasteiger partial charge in [-0.25, -0.2) is 0 Å². The Morgan fingerprint density at radius 1 is 0.427 bits per heavy atom. The Morgan fingerprint density at radius 2 is 0.753 bits per heavy atom. The molecule has 22 nitrogen and oxygen atoms in total. The van der Waals surface area contributed by atoms with Crippen LogP contribution in [0, 0.1) is 0 Å². The lowest BCUT2D eigenvalue weighted by Gasteiger charge is -2.28. The van der Waals surface area contributed by atoms with Crippen LogP contribution >= 0.6 is 95.9 Å². The maximum absolute atomic E-state index is 14.2. The molecule has 0 atom stereocenters. The van der Waals surface area contributed by atoms with Crippen LogP contribution < -0.4 is 20.9 Å². The zero-order chi connectivity index (χ0) is 63.5. The van der Waals surface area contributed by atoms with Crippen LogP contribution in [0.4, 0.5) is 5.69 Å². The highest BCUT2D eigenvalue weighted by molar-refractivity contribution is 8.24. The van der Waals surface area contributed by atoms with E-state index < -0.39 is 35.8 Å². The van der Waals surface area contributed by atoms with E-state index in [-0.39, 0.29) is 160 Å². The van der Waals surface area contributed by atoms with Crippen LogP contribution in [0.2, 0.25) is 0 Å². The van der Waals surface area contributed by atoms with Gasteiger partial charge >= 0.3 is 0 Å². The van der Waals surface area contributed by atoms with Gasteiger partial charge in [-0.3, -0.25) is 58.0 Å². The monoisotopic (exact) mass is 1380 g/mol. The van der Waals surface area contributed by atoms with Crippen LogP contribution in [-0.4, -0.2) is 231 Å². The van der Waals surface area contributed by atoms with Crippen molar-refractivity contribution in [3.63, 3.8) is 0 Å². The second-order valence-electron chi connectivity index (χ2n) is 20.9. The summed E-state index contributed by atoms with van der Waals surface area (Å²) in [6.07, 6.45) is 1.98. The first-order valence-corrected chi connectivity index (χ1v) is 35.0. The lowest BCUT2D eigenvalue weighted by atomic mass is 9.96. The molecular formula is C59H76N8O14S8. The van der Waals surface area contributed by atoms with Gasteiger partial charge in [-0.1, -0.05) is 144 Å². The molecule has 7 rings (SSSR count). The van der Waals surface area contributed by atoms with Gasteiger partial charge in [0.15, 0.2) is 0 Å². The molecule has 5 heterocycles. The van der Waals surface area contributed by atoms with Crippen molar-refractivity contribution in [2.75, 3.05) is 133 Å². The number of rotatable bonds is 36. The fourth-order valence-corrected chi connectivity index (χ4v) is 14.6. The summed E-state index contributed by atoms with van der Waals surface area (Å²) in [5.74, 6) is 0.844. The molecule has 484 valence electrons. The Kier molecular flexibility index (Phi) is 31.1. The van der Waals surface area contributed by atoms with Gasteiger partial charge in [0.05, 0.1) is 135 Å². The van der Waals surface area contributed by atoms with Gasteiger partial charge in [0.1, 0.15) is 17.3 Å². The molecule has 5 aliphatic rings. The number of amides is 8. The molecule has 30 heteroatoms. The van der Waals surface area contributed by atoms with E-state index in [2.05, 4.69) is 22.0 Å². The third-order valence-corrected chi connectivity index (χ3v) is 20.0. The Labute approximate surface area is 557 Å². The molecule has 0 aromatic heterocycles. The van der Waals surface area contributed by atoms with Crippen molar-refractivity contribution >= 4 is 178 Å². The molecular weight excluding hydrogens is 1300 g/mol. The van der Waals surface area contributed by atoms with Crippen molar-refractivity contribution in [2.45, 2.75) is 83.0 Å². The normalized spacial score (nSPS) is 16.4. The number of benzene rings is 2. The number of allylic oxidation sites excluding steroid dienone is 1. The number of ether oxygens (including phenoxy) is 6. The summed E-state index contributed by atoms with van der Waals surface area (Å²) in [5.41, 5.74) is 4.58. The predicted molar refractivity (Wildman–Crippen MR) is 362 cm³/mol. The van der Waals surface area contributed by atoms with Gasteiger partial charge in [0.2, 0.25) is 47.3 Å². The average molecular weight is 1380 g/mol. The number of anilines is 1. The number of thiocarbonyl (C=S) groups is 4. The summed E-state index contributed by atoms with van der Waals surface area (Å²) in [5, 5.41) is 8.74. The van der Waals surface area contributed by atoms with Crippen molar-refractivity contribution in [1.29, 1.82) is 0 Å². The molecule has 0 unspecified atom stereocenters. The zero-order valence-corrected chi connectivity index (χ0v) is 56.2. The van der Waals surface area contributed by atoms with Crippen molar-refractivity contribution in [3.05, 3.63) is 65.2 Å². The predicted octanol–water partition coefficient (Wildman–Crippen LogP) is 5.21. The molecule has 0 bridgehead atoms. The number of nitrogens with one attached hydrogen (secondary N) is 3. The Hall–Kier alpha value is -4.54. The molecule has 4 fully saturated rings. The largest absolute Gasteiger partial charge is 0.379 e. The molecule has 3 N–H and O–H groups in total. The van der Waals surface area contributed by atoms with E-state index >= 15 is 0 Å². The second-order valence-corrected chi connectivity index (χ2v) is 27.8. The van der Waals surface area contributed by atoms with Gasteiger partial charge in [-0.15, -0.1) is 0 Å². The maximum Gasteiger partial charge on any atom is 0.230 e. The lowest BCUT2D eigenvalue weighted by Crippen LogP contribution is -2.44. The van der Waals surface area contributed by atoms with Crippen LogP contribution in [0.5, 0.6) is 0 Å². The van der Waals surface area contributed by atoms with E-state index in [1.165, 1.54) is 47.0 Å². The maximum atomic E-state index is 14.2. The van der Waals surface area contributed by atoms with Gasteiger partial charge in [-0.2, -0.15) is 0 Å². The van der Waals surface area contributed by atoms with Crippen LogP contribution in [0.15, 0.2) is 48.5 Å². The summed E-state index contributed by atoms with van der Waals surface area (Å²) in [6, 6.07) is 13.4. The number of nitrogens with zero attached hydrogens (tertiary/aromatic N) is 5. The summed E-state index contributed by atoms with van der Waals surface area (Å²) < 4.78 is 37.5. The van der Waals surface area contributed by atoms with E-state index in [0.717, 1.165) is 51.0 Å². The van der Waals surface area contributed by atoms with Gasteiger partial charge in [-0.05, 0) is 29.7 Å². The molecule has 8 amide bonds. The van der Waals surface area contributed by atoms with Crippen LogP contribution in [0.25, 0.3) is 11.6 Å². The SMILES string of the molecule is C/C1=C/c2ccccc2CN(C(=O)CCC(=O)NC(COCCC(=O)NC(COCCC(=O)N2CCSC2=S)COCCC(=O)N2CCSC2=S)COCCC(=O)NC(COCCC(=O)N2CCSC2=S)COCCC(=O)N2CCSC2=S)c2ccccc21. The van der Waals surface area contributed by atoms with E-state index in [1.807, 2.05) is 55.5 Å². The van der Waals surface area contributed by atoms with Gasteiger partial charge < -0.3 is 49.3 Å². The standard InChI is InChI=1S/C59H76N8O14S8/c1-40-32-41-6-2-3-7-42(41)33-67(47-9-5-4-8-46(40)47)51(71)11-10-48(68)60-43(34-76-22-12-49(69)61-44(36-78-24-14-52(72)63-18-28-86-56(63)82)37-79-25-15-53(73)64-19-29-87-57(64)83)35-77-23-13-50(70)62-45(38-80-26-16-54(74)65-20-30-88-58(65)84)39-81-27-17-55(75)66-21-31-89-59(66)85/h2-9,32,43-45H,10-31,33-39H2,1H3,(H,60,68)(H,61,69)(H,62,70)/b40-32-. The van der Waals surface area contributed by atoms with Crippen molar-refractivity contribution in [2.24, 2.45) is 0 Å². The summed E-state index contributed by atoms with van der Waals surface area (Å²) in [6.45, 7) is 4.45. The summed E-state index contributed by atoms with van der Waals surface area (Å²) in [4.78, 5) is 114. The second kappa shape index (κ2) is 38.5. The summed E-state index contributed by atoms with van der Waals surface area (Å²) in [7, 11) is 0. The molecule has 2 aromatic rings. The van der Waals surface area contributed by atoms with E-state index in [0.29, 0.717) is 50.0 Å². The molecule has 2 aromatic carbocycles. The van der Waals surface area contributed by atoms with E-state index in [9.17, 15) is 38.4 Å². The highest BCUT2D eigenvalue weighted by Gasteiger charge is 2.29. The fourth-order valence-electron chi connectivity index (χ4n) is 9.64. The Balaban J connectivity index is 0.926. The number of hydrogen-bond donors (Lipinski definition) is 3. The third kappa shape index (κ3) is 23.8. The van der Waals surface area contributed by atoms with Crippen LogP contribution in [-0.2, 0) is 73.3 Å². The fraction of sp³-hybridized carbons (Fsp3) is 0.559. The number of carbonyl (C=O) groups excluding carboxylic acids is 8. The number of carbonyl (C=O) groups is 8. The molecule has 0 aliphatic carbocycles.